The zero-order valence-corrected chi connectivity index (χ0v) is 13.3. The van der Waals surface area contributed by atoms with Gasteiger partial charge in [0.05, 0.1) is 0 Å². The lowest BCUT2D eigenvalue weighted by Gasteiger charge is -2.10. The molecule has 0 aromatic heterocycles. The molecule has 0 aromatic rings. The van der Waals surface area contributed by atoms with E-state index in [1.54, 1.807) is 0 Å². The normalized spacial score (nSPS) is 12.6. The molecule has 18 heavy (non-hydrogen) atoms. The van der Waals surface area contributed by atoms with Crippen LogP contribution in [0.25, 0.3) is 0 Å². The van der Waals surface area contributed by atoms with Crippen molar-refractivity contribution in [1.29, 1.82) is 0 Å². The first-order chi connectivity index (χ1) is 8.66. The molecule has 1 unspecified atom stereocenters. The SMILES string of the molecule is CCCCC(C)CCCCCCCCCC(=O)S. The lowest BCUT2D eigenvalue weighted by molar-refractivity contribution is -0.110. The third kappa shape index (κ3) is 14.1. The molecule has 2 heteroatoms. The van der Waals surface area contributed by atoms with Gasteiger partial charge in [-0.1, -0.05) is 78.1 Å². The van der Waals surface area contributed by atoms with Crippen molar-refractivity contribution in [1.82, 2.24) is 0 Å². The molecule has 0 fully saturated rings. The van der Waals surface area contributed by atoms with Gasteiger partial charge in [0.25, 0.3) is 0 Å². The van der Waals surface area contributed by atoms with Crippen LogP contribution in [0, 0.1) is 5.92 Å². The Morgan fingerprint density at radius 2 is 1.39 bits per heavy atom. The van der Waals surface area contributed by atoms with E-state index >= 15 is 0 Å². The fourth-order valence-electron chi connectivity index (χ4n) is 2.35. The van der Waals surface area contributed by atoms with E-state index in [1.807, 2.05) is 0 Å². The zero-order chi connectivity index (χ0) is 13.6. The van der Waals surface area contributed by atoms with E-state index in [9.17, 15) is 4.79 Å². The first kappa shape index (κ1) is 18.0. The van der Waals surface area contributed by atoms with Gasteiger partial charge in [-0.25, -0.2) is 0 Å². The van der Waals surface area contributed by atoms with Crippen molar-refractivity contribution >= 4 is 17.7 Å². The predicted molar refractivity (Wildman–Crippen MR) is 84.2 cm³/mol. The maximum atomic E-state index is 10.6. The Bertz CT molecular complexity index is 192. The summed E-state index contributed by atoms with van der Waals surface area (Å²) in [5.41, 5.74) is 0. The minimum atomic E-state index is 0.0380. The van der Waals surface area contributed by atoms with E-state index in [1.165, 1.54) is 64.2 Å². The number of rotatable bonds is 13. The number of carbonyl (C=O) groups is 1. The van der Waals surface area contributed by atoms with Gasteiger partial charge in [0.1, 0.15) is 0 Å². The van der Waals surface area contributed by atoms with Crippen molar-refractivity contribution in [2.24, 2.45) is 5.92 Å². The first-order valence-corrected chi connectivity index (χ1v) is 8.33. The summed E-state index contributed by atoms with van der Waals surface area (Å²) in [6.07, 6.45) is 15.2. The van der Waals surface area contributed by atoms with Gasteiger partial charge < -0.3 is 0 Å². The van der Waals surface area contributed by atoms with E-state index in [2.05, 4.69) is 26.5 Å². The maximum absolute atomic E-state index is 10.6. The Kier molecular flexibility index (Phi) is 13.5. The van der Waals surface area contributed by atoms with Crippen LogP contribution in [-0.4, -0.2) is 5.12 Å². The third-order valence-corrected chi connectivity index (χ3v) is 3.86. The van der Waals surface area contributed by atoms with Crippen molar-refractivity contribution in [3.8, 4) is 0 Å². The van der Waals surface area contributed by atoms with Crippen LogP contribution >= 0.6 is 12.6 Å². The van der Waals surface area contributed by atoms with E-state index in [0.29, 0.717) is 6.42 Å². The Morgan fingerprint density at radius 1 is 0.889 bits per heavy atom. The highest BCUT2D eigenvalue weighted by molar-refractivity contribution is 7.96. The van der Waals surface area contributed by atoms with Crippen LogP contribution in [0.2, 0.25) is 0 Å². The molecule has 108 valence electrons. The Balaban J connectivity index is 3.09. The van der Waals surface area contributed by atoms with Gasteiger partial charge in [0.2, 0.25) is 0 Å². The predicted octanol–water partition coefficient (Wildman–Crippen LogP) is 5.78. The number of thiol groups is 1. The smallest absolute Gasteiger partial charge is 0.185 e. The van der Waals surface area contributed by atoms with Crippen LogP contribution in [0.5, 0.6) is 0 Å². The molecule has 0 radical (unpaired) electrons. The quantitative estimate of drug-likeness (QED) is 0.332. The number of carbonyl (C=O) groups excluding carboxylic acids is 1. The summed E-state index contributed by atoms with van der Waals surface area (Å²) in [5, 5.41) is 0.0380. The van der Waals surface area contributed by atoms with E-state index in [0.717, 1.165) is 12.3 Å². The highest BCUT2D eigenvalue weighted by Gasteiger charge is 2.01. The van der Waals surface area contributed by atoms with Crippen LogP contribution in [0.15, 0.2) is 0 Å². The highest BCUT2D eigenvalue weighted by atomic mass is 32.1. The van der Waals surface area contributed by atoms with Crippen molar-refractivity contribution in [3.05, 3.63) is 0 Å². The molecule has 1 atom stereocenters. The topological polar surface area (TPSA) is 17.1 Å². The van der Waals surface area contributed by atoms with E-state index in [-0.39, 0.29) is 5.12 Å². The Morgan fingerprint density at radius 3 is 1.94 bits per heavy atom. The van der Waals surface area contributed by atoms with Crippen molar-refractivity contribution in [2.45, 2.75) is 90.9 Å². The largest absolute Gasteiger partial charge is 0.288 e. The monoisotopic (exact) mass is 272 g/mol. The number of hydrogen-bond acceptors (Lipinski definition) is 1. The molecule has 0 amide bonds. The van der Waals surface area contributed by atoms with Gasteiger partial charge in [-0.05, 0) is 12.3 Å². The van der Waals surface area contributed by atoms with Crippen LogP contribution < -0.4 is 0 Å². The second-order valence-corrected chi connectivity index (χ2v) is 6.15. The minimum absolute atomic E-state index is 0.0380. The second kappa shape index (κ2) is 13.5. The first-order valence-electron chi connectivity index (χ1n) is 7.88. The standard InChI is InChI=1S/C16H32OS/c1-3-4-12-15(2)13-10-8-6-5-7-9-11-14-16(17)18/h15H,3-14H2,1-2H3,(H,17,18). The molecule has 0 rings (SSSR count). The summed E-state index contributed by atoms with van der Waals surface area (Å²) in [4.78, 5) is 10.6. The molecule has 0 heterocycles. The van der Waals surface area contributed by atoms with Gasteiger partial charge in [0.15, 0.2) is 5.12 Å². The van der Waals surface area contributed by atoms with E-state index < -0.39 is 0 Å². The average Bonchev–Trinajstić information content (AvgIpc) is 2.34. The average molecular weight is 272 g/mol. The fraction of sp³-hybridized carbons (Fsp3) is 0.938. The fourth-order valence-corrected chi connectivity index (χ4v) is 2.51. The van der Waals surface area contributed by atoms with E-state index in [4.69, 9.17) is 0 Å². The Hall–Kier alpha value is 0.0200. The molecule has 0 aliphatic carbocycles. The van der Waals surface area contributed by atoms with Gasteiger partial charge in [-0.2, -0.15) is 0 Å². The molecule has 0 aromatic carbocycles. The summed E-state index contributed by atoms with van der Waals surface area (Å²) < 4.78 is 0. The van der Waals surface area contributed by atoms with Crippen molar-refractivity contribution in [3.63, 3.8) is 0 Å². The molecular formula is C16H32OS. The zero-order valence-electron chi connectivity index (χ0n) is 12.4. The highest BCUT2D eigenvalue weighted by Crippen LogP contribution is 2.17. The van der Waals surface area contributed by atoms with Gasteiger partial charge in [-0.15, -0.1) is 12.6 Å². The lowest BCUT2D eigenvalue weighted by Crippen LogP contribution is -1.94. The molecule has 0 spiro atoms. The van der Waals surface area contributed by atoms with Gasteiger partial charge in [-0.3, -0.25) is 4.79 Å². The summed E-state index contributed by atoms with van der Waals surface area (Å²) in [6.45, 7) is 4.66. The summed E-state index contributed by atoms with van der Waals surface area (Å²) in [6, 6.07) is 0. The molecule has 0 N–H and O–H groups in total. The molecular weight excluding hydrogens is 240 g/mol. The van der Waals surface area contributed by atoms with Gasteiger partial charge >= 0.3 is 0 Å². The van der Waals surface area contributed by atoms with Gasteiger partial charge in [0, 0.05) is 6.42 Å². The summed E-state index contributed by atoms with van der Waals surface area (Å²) in [5.74, 6) is 0.923. The number of unbranched alkanes of at least 4 members (excludes halogenated alkanes) is 7. The van der Waals surface area contributed by atoms with Crippen molar-refractivity contribution < 1.29 is 4.79 Å². The number of hydrogen-bond donors (Lipinski definition) is 1. The molecule has 0 bridgehead atoms. The summed E-state index contributed by atoms with van der Waals surface area (Å²) >= 11 is 3.77. The molecule has 0 saturated heterocycles. The third-order valence-electron chi connectivity index (χ3n) is 3.64. The summed E-state index contributed by atoms with van der Waals surface area (Å²) in [7, 11) is 0. The van der Waals surface area contributed by atoms with Crippen LogP contribution in [0.1, 0.15) is 90.9 Å². The van der Waals surface area contributed by atoms with Crippen LogP contribution in [0.3, 0.4) is 0 Å². The molecule has 0 aliphatic heterocycles. The van der Waals surface area contributed by atoms with Crippen LogP contribution in [0.4, 0.5) is 0 Å². The lowest BCUT2D eigenvalue weighted by atomic mass is 9.97. The molecule has 1 nitrogen and oxygen atoms in total. The van der Waals surface area contributed by atoms with Crippen LogP contribution in [-0.2, 0) is 4.79 Å². The Labute approximate surface area is 120 Å². The maximum Gasteiger partial charge on any atom is 0.185 e. The van der Waals surface area contributed by atoms with Crippen molar-refractivity contribution in [2.75, 3.05) is 0 Å². The molecule has 0 aliphatic rings. The molecule has 0 saturated carbocycles. The minimum Gasteiger partial charge on any atom is -0.288 e. The second-order valence-electron chi connectivity index (χ2n) is 5.65.